The Morgan fingerprint density at radius 2 is 2.04 bits per heavy atom. The molecule has 2 aliphatic rings. The lowest BCUT2D eigenvalue weighted by Gasteiger charge is -2.36. The van der Waals surface area contributed by atoms with Crippen molar-refractivity contribution in [2.75, 3.05) is 73.1 Å². The number of rotatable bonds is 4. The maximum Gasteiger partial charge on any atom is 0.193 e. The fourth-order valence-corrected chi connectivity index (χ4v) is 3.96. The minimum absolute atomic E-state index is 0.111. The van der Waals surface area contributed by atoms with Gasteiger partial charge in [-0.1, -0.05) is 24.3 Å². The summed E-state index contributed by atoms with van der Waals surface area (Å²) in [6.07, 6.45) is 1.37. The lowest BCUT2D eigenvalue weighted by atomic mass is 10.0. The summed E-state index contributed by atoms with van der Waals surface area (Å²) < 4.78 is 6.06. The van der Waals surface area contributed by atoms with Crippen LogP contribution >= 0.6 is 0 Å². The molecule has 2 heterocycles. The zero-order chi connectivity index (χ0) is 19.1. The van der Waals surface area contributed by atoms with E-state index in [1.54, 1.807) is 0 Å². The van der Waals surface area contributed by atoms with Crippen LogP contribution in [-0.4, -0.2) is 93.7 Å². The van der Waals surface area contributed by atoms with Crippen LogP contribution in [0.1, 0.15) is 23.7 Å². The summed E-state index contributed by atoms with van der Waals surface area (Å²) in [6, 6.07) is 8.51. The van der Waals surface area contributed by atoms with Gasteiger partial charge in [0.2, 0.25) is 0 Å². The van der Waals surface area contributed by atoms with Crippen LogP contribution in [0.4, 0.5) is 0 Å². The van der Waals surface area contributed by atoms with Crippen LogP contribution in [0.25, 0.3) is 0 Å². The third-order valence-corrected chi connectivity index (χ3v) is 5.64. The molecule has 2 fully saturated rings. The number of hydrogen-bond acceptors (Lipinski definition) is 4. The van der Waals surface area contributed by atoms with Crippen LogP contribution in [0.5, 0.6) is 0 Å². The number of nitrogens with zero attached hydrogens (tertiary/aromatic N) is 4. The van der Waals surface area contributed by atoms with Crippen molar-refractivity contribution >= 4 is 5.96 Å². The van der Waals surface area contributed by atoms with Gasteiger partial charge in [0, 0.05) is 39.8 Å². The van der Waals surface area contributed by atoms with Gasteiger partial charge < -0.3 is 24.8 Å². The first kappa shape index (κ1) is 20.1. The molecule has 1 unspecified atom stereocenters. The predicted molar refractivity (Wildman–Crippen MR) is 111 cm³/mol. The summed E-state index contributed by atoms with van der Waals surface area (Å²) in [4.78, 5) is 11.8. The third-order valence-electron chi connectivity index (χ3n) is 5.64. The predicted octanol–water partition coefficient (Wildman–Crippen LogP) is 1.58. The van der Waals surface area contributed by atoms with Gasteiger partial charge in [0.05, 0.1) is 13.2 Å². The number of ether oxygens (including phenoxy) is 1. The van der Waals surface area contributed by atoms with Crippen molar-refractivity contribution < 1.29 is 4.74 Å². The van der Waals surface area contributed by atoms with Gasteiger partial charge in [0.1, 0.15) is 6.10 Å². The molecule has 1 aromatic carbocycles. The Balaban J connectivity index is 1.50. The second-order valence-corrected chi connectivity index (χ2v) is 7.63. The van der Waals surface area contributed by atoms with E-state index in [0.29, 0.717) is 0 Å². The number of nitrogens with one attached hydrogen (secondary N) is 1. The molecule has 1 aromatic rings. The summed E-state index contributed by atoms with van der Waals surface area (Å²) in [7, 11) is 4.09. The number of morpholine rings is 1. The number of aliphatic imine (C=N–C) groups is 1. The van der Waals surface area contributed by atoms with Crippen molar-refractivity contribution in [2.45, 2.75) is 19.4 Å². The van der Waals surface area contributed by atoms with Gasteiger partial charge in [-0.05, 0) is 44.6 Å². The standard InChI is InChI=1S/C21H35N5O/c1-18-7-4-5-8-19(18)20-17-26(15-16-27-20)21(22-2)23-9-12-25-11-6-10-24(3)13-14-25/h4-5,7-8,20H,6,9-17H2,1-3H3,(H,22,23). The molecule has 2 saturated heterocycles. The van der Waals surface area contributed by atoms with Gasteiger partial charge in [-0.25, -0.2) is 0 Å². The van der Waals surface area contributed by atoms with Crippen molar-refractivity contribution in [3.63, 3.8) is 0 Å². The van der Waals surface area contributed by atoms with Gasteiger partial charge in [-0.3, -0.25) is 4.99 Å². The van der Waals surface area contributed by atoms with Gasteiger partial charge in [0.15, 0.2) is 5.96 Å². The molecule has 2 aliphatic heterocycles. The number of benzene rings is 1. The Morgan fingerprint density at radius 3 is 2.85 bits per heavy atom. The molecule has 0 amide bonds. The minimum atomic E-state index is 0.111. The Labute approximate surface area is 164 Å². The van der Waals surface area contributed by atoms with E-state index in [-0.39, 0.29) is 6.10 Å². The quantitative estimate of drug-likeness (QED) is 0.641. The highest BCUT2D eigenvalue weighted by atomic mass is 16.5. The zero-order valence-electron chi connectivity index (χ0n) is 17.2. The summed E-state index contributed by atoms with van der Waals surface area (Å²) >= 11 is 0. The zero-order valence-corrected chi connectivity index (χ0v) is 17.2. The Bertz CT molecular complexity index is 620. The molecule has 0 saturated carbocycles. The maximum atomic E-state index is 6.06. The highest BCUT2D eigenvalue weighted by molar-refractivity contribution is 5.80. The van der Waals surface area contributed by atoms with E-state index in [0.717, 1.165) is 51.8 Å². The lowest BCUT2D eigenvalue weighted by Crippen LogP contribution is -2.49. The molecule has 0 aliphatic carbocycles. The highest BCUT2D eigenvalue weighted by Gasteiger charge is 2.25. The number of guanidine groups is 1. The average molecular weight is 374 g/mol. The number of likely N-dealkylation sites (N-methyl/N-ethyl adjacent to an activating group) is 1. The smallest absolute Gasteiger partial charge is 0.193 e. The van der Waals surface area contributed by atoms with E-state index in [9.17, 15) is 0 Å². The molecular weight excluding hydrogens is 338 g/mol. The molecule has 0 spiro atoms. The van der Waals surface area contributed by atoms with Crippen molar-refractivity contribution in [1.29, 1.82) is 0 Å². The molecule has 27 heavy (non-hydrogen) atoms. The molecule has 6 nitrogen and oxygen atoms in total. The molecule has 0 bridgehead atoms. The van der Waals surface area contributed by atoms with E-state index in [1.807, 2.05) is 7.05 Å². The first-order chi connectivity index (χ1) is 13.2. The molecule has 1 N–H and O–H groups in total. The average Bonchev–Trinajstić information content (AvgIpc) is 2.90. The Morgan fingerprint density at radius 1 is 1.19 bits per heavy atom. The Hall–Kier alpha value is -1.63. The van der Waals surface area contributed by atoms with Gasteiger partial charge in [0.25, 0.3) is 0 Å². The van der Waals surface area contributed by atoms with Crippen molar-refractivity contribution in [3.05, 3.63) is 35.4 Å². The van der Waals surface area contributed by atoms with Crippen LogP contribution in [0.2, 0.25) is 0 Å². The highest BCUT2D eigenvalue weighted by Crippen LogP contribution is 2.24. The van der Waals surface area contributed by atoms with Gasteiger partial charge in [-0.15, -0.1) is 0 Å². The normalized spacial score (nSPS) is 23.3. The fourth-order valence-electron chi connectivity index (χ4n) is 3.96. The first-order valence-corrected chi connectivity index (χ1v) is 10.2. The molecule has 0 radical (unpaired) electrons. The second-order valence-electron chi connectivity index (χ2n) is 7.63. The van der Waals surface area contributed by atoms with Crippen molar-refractivity contribution in [2.24, 2.45) is 4.99 Å². The second kappa shape index (κ2) is 10.1. The van der Waals surface area contributed by atoms with E-state index in [2.05, 4.69) is 63.2 Å². The maximum absolute atomic E-state index is 6.06. The molecule has 150 valence electrons. The third kappa shape index (κ3) is 5.67. The van der Waals surface area contributed by atoms with Crippen molar-refractivity contribution in [3.8, 4) is 0 Å². The Kier molecular flexibility index (Phi) is 7.50. The fraction of sp³-hybridized carbons (Fsp3) is 0.667. The van der Waals surface area contributed by atoms with Gasteiger partial charge >= 0.3 is 0 Å². The summed E-state index contributed by atoms with van der Waals surface area (Å²) in [5.41, 5.74) is 2.57. The molecule has 1 atom stereocenters. The summed E-state index contributed by atoms with van der Waals surface area (Å²) in [5, 5.41) is 3.57. The van der Waals surface area contributed by atoms with E-state index in [4.69, 9.17) is 4.74 Å². The number of hydrogen-bond donors (Lipinski definition) is 1. The van der Waals surface area contributed by atoms with E-state index >= 15 is 0 Å². The summed E-state index contributed by atoms with van der Waals surface area (Å²) in [6.45, 7) is 11.3. The molecular formula is C21H35N5O. The van der Waals surface area contributed by atoms with Crippen LogP contribution < -0.4 is 5.32 Å². The topological polar surface area (TPSA) is 43.3 Å². The van der Waals surface area contributed by atoms with Crippen LogP contribution in [0, 0.1) is 6.92 Å². The van der Waals surface area contributed by atoms with E-state index in [1.165, 1.54) is 30.6 Å². The molecule has 0 aromatic heterocycles. The minimum Gasteiger partial charge on any atom is -0.370 e. The van der Waals surface area contributed by atoms with Crippen LogP contribution in [-0.2, 0) is 4.74 Å². The first-order valence-electron chi connectivity index (χ1n) is 10.2. The van der Waals surface area contributed by atoms with Crippen LogP contribution in [0.15, 0.2) is 29.3 Å². The van der Waals surface area contributed by atoms with Gasteiger partial charge in [-0.2, -0.15) is 0 Å². The largest absolute Gasteiger partial charge is 0.370 e. The molecule has 6 heteroatoms. The van der Waals surface area contributed by atoms with Crippen LogP contribution in [0.3, 0.4) is 0 Å². The monoisotopic (exact) mass is 373 g/mol. The summed E-state index contributed by atoms with van der Waals surface area (Å²) in [5.74, 6) is 0.990. The van der Waals surface area contributed by atoms with Crippen molar-refractivity contribution in [1.82, 2.24) is 20.0 Å². The SMILES string of the molecule is CN=C(NCCN1CCCN(C)CC1)N1CCOC(c2ccccc2C)C1. The molecule has 3 rings (SSSR count). The number of aryl methyl sites for hydroxylation is 1. The lowest BCUT2D eigenvalue weighted by molar-refractivity contribution is -0.00833. The van der Waals surface area contributed by atoms with E-state index < -0.39 is 0 Å².